The second kappa shape index (κ2) is 5.49. The number of hydrogen-bond donors (Lipinski definition) is 3. The van der Waals surface area contributed by atoms with Gasteiger partial charge in [-0.3, -0.25) is 5.32 Å². The van der Waals surface area contributed by atoms with Gasteiger partial charge in [0.2, 0.25) is 0 Å². The third-order valence-electron chi connectivity index (χ3n) is 2.37. The summed E-state index contributed by atoms with van der Waals surface area (Å²) in [7, 11) is 0. The van der Waals surface area contributed by atoms with Crippen molar-refractivity contribution in [2.75, 3.05) is 10.6 Å². The second-order valence-corrected chi connectivity index (χ2v) is 4.65. The molecule has 0 atom stereocenters. The molecule has 0 aliphatic carbocycles. The van der Waals surface area contributed by atoms with Crippen molar-refractivity contribution in [2.45, 2.75) is 6.92 Å². The lowest BCUT2D eigenvalue weighted by molar-refractivity contribution is 0.0697. The predicted octanol–water partition coefficient (Wildman–Crippen LogP) is 2.79. The summed E-state index contributed by atoms with van der Waals surface area (Å²) in [6, 6.07) is 4.08. The number of aromatic nitrogens is 1. The Labute approximate surface area is 113 Å². The molecule has 1 aromatic heterocycles. The van der Waals surface area contributed by atoms with Crippen molar-refractivity contribution in [3.63, 3.8) is 0 Å². The molecule has 7 heteroatoms. The van der Waals surface area contributed by atoms with E-state index in [1.807, 2.05) is 0 Å². The molecule has 0 saturated carbocycles. The Morgan fingerprint density at radius 1 is 1.32 bits per heavy atom. The van der Waals surface area contributed by atoms with Gasteiger partial charge in [-0.25, -0.2) is 14.6 Å². The molecule has 0 radical (unpaired) electrons. The number of carboxylic acids is 1. The van der Waals surface area contributed by atoms with Crippen molar-refractivity contribution in [1.29, 1.82) is 0 Å². The molecule has 0 fully saturated rings. The fraction of sp³-hybridized carbons (Fsp3) is 0.0833. The average Bonchev–Trinajstić information content (AvgIpc) is 2.84. The minimum absolute atomic E-state index is 0.184. The van der Waals surface area contributed by atoms with E-state index < -0.39 is 12.0 Å². The molecule has 1 heterocycles. The van der Waals surface area contributed by atoms with E-state index in [4.69, 9.17) is 5.11 Å². The molecule has 0 aliphatic heterocycles. The highest BCUT2D eigenvalue weighted by Gasteiger charge is 2.09. The van der Waals surface area contributed by atoms with Crippen LogP contribution in [0.1, 0.15) is 15.9 Å². The maximum absolute atomic E-state index is 11.7. The zero-order valence-corrected chi connectivity index (χ0v) is 10.8. The molecule has 2 aromatic rings. The van der Waals surface area contributed by atoms with Crippen LogP contribution in [-0.4, -0.2) is 22.1 Å². The number of benzene rings is 1. The van der Waals surface area contributed by atoms with Crippen molar-refractivity contribution in [3.8, 4) is 0 Å². The van der Waals surface area contributed by atoms with Gasteiger partial charge in [0.1, 0.15) is 0 Å². The summed E-state index contributed by atoms with van der Waals surface area (Å²) in [5.74, 6) is -0.998. The zero-order valence-electron chi connectivity index (χ0n) is 10.0. The van der Waals surface area contributed by atoms with Gasteiger partial charge < -0.3 is 10.4 Å². The van der Waals surface area contributed by atoms with Gasteiger partial charge in [-0.05, 0) is 30.7 Å². The highest BCUT2D eigenvalue weighted by atomic mass is 32.1. The lowest BCUT2D eigenvalue weighted by Gasteiger charge is -2.09. The van der Waals surface area contributed by atoms with Crippen LogP contribution in [0.5, 0.6) is 0 Å². The second-order valence-electron chi connectivity index (χ2n) is 3.75. The van der Waals surface area contributed by atoms with E-state index in [9.17, 15) is 9.59 Å². The summed E-state index contributed by atoms with van der Waals surface area (Å²) >= 11 is 1.31. The molecule has 19 heavy (non-hydrogen) atoms. The third-order valence-corrected chi connectivity index (χ3v) is 3.06. The average molecular weight is 277 g/mol. The first-order valence-electron chi connectivity index (χ1n) is 5.37. The topological polar surface area (TPSA) is 91.3 Å². The van der Waals surface area contributed by atoms with Gasteiger partial charge in [0.15, 0.2) is 5.13 Å². The van der Waals surface area contributed by atoms with Gasteiger partial charge in [-0.2, -0.15) is 0 Å². The fourth-order valence-corrected chi connectivity index (χ4v) is 2.00. The number of thiazole rings is 1. The van der Waals surface area contributed by atoms with Crippen molar-refractivity contribution in [3.05, 3.63) is 40.9 Å². The number of aromatic carboxylic acids is 1. The van der Waals surface area contributed by atoms with Crippen molar-refractivity contribution in [1.82, 2.24) is 4.98 Å². The monoisotopic (exact) mass is 277 g/mol. The lowest BCUT2D eigenvalue weighted by Crippen LogP contribution is -2.19. The first-order chi connectivity index (χ1) is 9.06. The molecule has 2 amide bonds. The van der Waals surface area contributed by atoms with Crippen LogP contribution in [-0.2, 0) is 0 Å². The zero-order chi connectivity index (χ0) is 13.8. The van der Waals surface area contributed by atoms with E-state index in [-0.39, 0.29) is 5.56 Å². The molecular formula is C12H11N3O3S. The Bertz CT molecular complexity index is 611. The number of carbonyl (C=O) groups excluding carboxylic acids is 1. The highest BCUT2D eigenvalue weighted by molar-refractivity contribution is 7.13. The molecule has 0 saturated heterocycles. The summed E-state index contributed by atoms with van der Waals surface area (Å²) in [5, 5.41) is 16.3. The van der Waals surface area contributed by atoms with Crippen LogP contribution in [0.2, 0.25) is 0 Å². The van der Waals surface area contributed by atoms with E-state index >= 15 is 0 Å². The normalized spacial score (nSPS) is 9.95. The Morgan fingerprint density at radius 3 is 2.68 bits per heavy atom. The molecule has 98 valence electrons. The Kier molecular flexibility index (Phi) is 3.76. The van der Waals surface area contributed by atoms with Gasteiger partial charge in [0.25, 0.3) is 0 Å². The number of anilines is 2. The third kappa shape index (κ3) is 3.29. The molecule has 0 unspecified atom stereocenters. The molecule has 6 nitrogen and oxygen atoms in total. The van der Waals surface area contributed by atoms with Gasteiger partial charge in [0, 0.05) is 17.3 Å². The maximum atomic E-state index is 11.7. The number of aryl methyl sites for hydroxylation is 1. The standard InChI is InChI=1S/C12H11N3O3S/c1-7-6-8(10(16)17)2-3-9(7)14-11(18)15-12-13-4-5-19-12/h2-6H,1H3,(H,16,17)(H2,13,14,15,18). The predicted molar refractivity (Wildman–Crippen MR) is 72.9 cm³/mol. The van der Waals surface area contributed by atoms with Crippen LogP contribution in [0.3, 0.4) is 0 Å². The largest absolute Gasteiger partial charge is 0.478 e. The van der Waals surface area contributed by atoms with E-state index in [0.717, 1.165) is 0 Å². The molecule has 0 spiro atoms. The fourth-order valence-electron chi connectivity index (χ4n) is 1.47. The summed E-state index contributed by atoms with van der Waals surface area (Å²) < 4.78 is 0. The Morgan fingerprint density at radius 2 is 2.11 bits per heavy atom. The number of carbonyl (C=O) groups is 2. The molecule has 3 N–H and O–H groups in total. The quantitative estimate of drug-likeness (QED) is 0.804. The van der Waals surface area contributed by atoms with E-state index in [2.05, 4.69) is 15.6 Å². The molecule has 1 aromatic carbocycles. The summed E-state index contributed by atoms with van der Waals surface area (Å²) in [5.41, 5.74) is 1.41. The Hall–Kier alpha value is -2.41. The van der Waals surface area contributed by atoms with Gasteiger partial charge in [0.05, 0.1) is 5.56 Å². The van der Waals surface area contributed by atoms with E-state index in [1.54, 1.807) is 24.6 Å². The van der Waals surface area contributed by atoms with Crippen LogP contribution in [0.25, 0.3) is 0 Å². The summed E-state index contributed by atoms with van der Waals surface area (Å²) in [6.45, 7) is 1.73. The number of amides is 2. The number of nitrogens with zero attached hydrogens (tertiary/aromatic N) is 1. The lowest BCUT2D eigenvalue weighted by atomic mass is 10.1. The Balaban J connectivity index is 2.07. The highest BCUT2D eigenvalue weighted by Crippen LogP contribution is 2.17. The molecule has 0 aliphatic rings. The minimum atomic E-state index is -0.998. The van der Waals surface area contributed by atoms with Gasteiger partial charge >= 0.3 is 12.0 Å². The molecular weight excluding hydrogens is 266 g/mol. The number of rotatable bonds is 3. The van der Waals surface area contributed by atoms with Crippen molar-refractivity contribution >= 4 is 34.2 Å². The summed E-state index contributed by atoms with van der Waals surface area (Å²) in [6.07, 6.45) is 1.59. The van der Waals surface area contributed by atoms with Crippen LogP contribution in [0.4, 0.5) is 15.6 Å². The SMILES string of the molecule is Cc1cc(C(=O)O)ccc1NC(=O)Nc1nccs1. The first kappa shape index (κ1) is 13.0. The van der Waals surface area contributed by atoms with Crippen LogP contribution in [0.15, 0.2) is 29.8 Å². The minimum Gasteiger partial charge on any atom is -0.478 e. The van der Waals surface area contributed by atoms with Crippen LogP contribution >= 0.6 is 11.3 Å². The van der Waals surface area contributed by atoms with Gasteiger partial charge in [-0.1, -0.05) is 0 Å². The number of nitrogens with one attached hydrogen (secondary N) is 2. The first-order valence-corrected chi connectivity index (χ1v) is 6.25. The maximum Gasteiger partial charge on any atom is 0.335 e. The summed E-state index contributed by atoms with van der Waals surface area (Å²) in [4.78, 5) is 26.4. The van der Waals surface area contributed by atoms with Crippen molar-refractivity contribution in [2.24, 2.45) is 0 Å². The number of hydrogen-bond acceptors (Lipinski definition) is 4. The number of carboxylic acid groups (broad SMARTS) is 1. The number of urea groups is 1. The smallest absolute Gasteiger partial charge is 0.335 e. The molecule has 0 bridgehead atoms. The molecule has 2 rings (SSSR count). The van der Waals surface area contributed by atoms with E-state index in [1.165, 1.54) is 23.5 Å². The van der Waals surface area contributed by atoms with Gasteiger partial charge in [-0.15, -0.1) is 11.3 Å². The van der Waals surface area contributed by atoms with E-state index in [0.29, 0.717) is 16.4 Å². The van der Waals surface area contributed by atoms with Crippen LogP contribution in [0, 0.1) is 6.92 Å². The van der Waals surface area contributed by atoms with Crippen LogP contribution < -0.4 is 10.6 Å². The van der Waals surface area contributed by atoms with Crippen molar-refractivity contribution < 1.29 is 14.7 Å².